The van der Waals surface area contributed by atoms with E-state index in [0.717, 1.165) is 5.56 Å². The fourth-order valence-corrected chi connectivity index (χ4v) is 3.53. The highest BCUT2D eigenvalue weighted by Gasteiger charge is 2.54. The van der Waals surface area contributed by atoms with Crippen LogP contribution in [0.25, 0.3) is 0 Å². The van der Waals surface area contributed by atoms with Crippen LogP contribution in [-0.4, -0.2) is 12.5 Å². The van der Waals surface area contributed by atoms with E-state index in [4.69, 9.17) is 5.73 Å². The molecule has 3 N–H and O–H groups in total. The molecule has 2 aliphatic rings. The number of amides is 1. The molecule has 2 saturated carbocycles. The summed E-state index contributed by atoms with van der Waals surface area (Å²) in [4.78, 5) is 12.1. The number of carbonyl (C=O) groups is 1. The van der Waals surface area contributed by atoms with Gasteiger partial charge in [0.05, 0.1) is 0 Å². The first-order valence-corrected chi connectivity index (χ1v) is 7.35. The Balaban J connectivity index is 1.49. The van der Waals surface area contributed by atoms with E-state index < -0.39 is 0 Å². The van der Waals surface area contributed by atoms with Gasteiger partial charge in [-0.3, -0.25) is 4.79 Å². The number of hydrogen-bond donors (Lipinski definition) is 2. The van der Waals surface area contributed by atoms with Crippen LogP contribution in [-0.2, 0) is 4.79 Å². The molecule has 3 rings (SSSR count). The minimum absolute atomic E-state index is 0.106. The number of fused-ring (bicyclic) bond motifs is 1. The third-order valence-corrected chi connectivity index (χ3v) is 4.68. The maximum atomic E-state index is 12.1. The van der Waals surface area contributed by atoms with E-state index in [1.54, 1.807) is 0 Å². The van der Waals surface area contributed by atoms with Crippen molar-refractivity contribution in [3.05, 3.63) is 35.9 Å². The molecule has 1 aromatic rings. The predicted octanol–water partition coefficient (Wildman–Crippen LogP) is 2.24. The molecule has 2 aliphatic carbocycles. The van der Waals surface area contributed by atoms with Crippen molar-refractivity contribution in [2.75, 3.05) is 6.54 Å². The fraction of sp³-hybridized carbons (Fsp3) is 0.562. The molecule has 3 atom stereocenters. The van der Waals surface area contributed by atoms with Gasteiger partial charge < -0.3 is 11.1 Å². The van der Waals surface area contributed by atoms with E-state index in [0.29, 0.717) is 18.4 Å². The zero-order valence-corrected chi connectivity index (χ0v) is 11.2. The summed E-state index contributed by atoms with van der Waals surface area (Å²) in [6, 6.07) is 9.84. The Morgan fingerprint density at radius 2 is 1.84 bits per heavy atom. The molecule has 0 heterocycles. The molecule has 0 aromatic heterocycles. The minimum Gasteiger partial charge on any atom is -0.354 e. The van der Waals surface area contributed by atoms with Crippen LogP contribution in [0.2, 0.25) is 0 Å². The summed E-state index contributed by atoms with van der Waals surface area (Å²) >= 11 is 0. The predicted molar refractivity (Wildman–Crippen MR) is 75.3 cm³/mol. The van der Waals surface area contributed by atoms with E-state index in [-0.39, 0.29) is 17.9 Å². The Morgan fingerprint density at radius 1 is 1.21 bits per heavy atom. The molecule has 2 fully saturated rings. The molecular formula is C16H22N2O. The second kappa shape index (κ2) is 5.33. The zero-order chi connectivity index (χ0) is 13.2. The van der Waals surface area contributed by atoms with Crippen LogP contribution in [0.4, 0.5) is 0 Å². The quantitative estimate of drug-likeness (QED) is 0.870. The lowest BCUT2D eigenvalue weighted by Gasteiger charge is -2.13. The zero-order valence-electron chi connectivity index (χ0n) is 11.2. The average molecular weight is 258 g/mol. The molecule has 102 valence electrons. The Labute approximate surface area is 114 Å². The standard InChI is InChI=1S/C16H22N2O/c17-14(11-6-2-1-3-7-11)10-18-16(19)15-12-8-4-5-9-13(12)15/h1-3,6-7,12-15H,4-5,8-10,17H2,(H,18,19). The molecule has 1 aromatic carbocycles. The molecule has 0 aliphatic heterocycles. The van der Waals surface area contributed by atoms with Crippen molar-refractivity contribution in [2.45, 2.75) is 31.7 Å². The van der Waals surface area contributed by atoms with Gasteiger partial charge in [0.2, 0.25) is 5.91 Å². The molecule has 0 saturated heterocycles. The normalized spacial score (nSPS) is 30.3. The summed E-state index contributed by atoms with van der Waals surface area (Å²) in [5.41, 5.74) is 7.18. The van der Waals surface area contributed by atoms with E-state index in [2.05, 4.69) is 5.32 Å². The van der Waals surface area contributed by atoms with Gasteiger partial charge in [-0.05, 0) is 30.2 Å². The first-order chi connectivity index (χ1) is 9.27. The highest BCUT2D eigenvalue weighted by atomic mass is 16.2. The second-order valence-corrected chi connectivity index (χ2v) is 5.90. The van der Waals surface area contributed by atoms with Crippen molar-refractivity contribution >= 4 is 5.91 Å². The molecule has 3 unspecified atom stereocenters. The number of nitrogens with two attached hydrogens (primary N) is 1. The monoisotopic (exact) mass is 258 g/mol. The fourth-order valence-electron chi connectivity index (χ4n) is 3.53. The molecule has 19 heavy (non-hydrogen) atoms. The van der Waals surface area contributed by atoms with Gasteiger partial charge >= 0.3 is 0 Å². The van der Waals surface area contributed by atoms with Crippen LogP contribution < -0.4 is 11.1 Å². The molecule has 0 bridgehead atoms. The first-order valence-electron chi connectivity index (χ1n) is 7.35. The lowest BCUT2D eigenvalue weighted by atomic mass is 10.0. The van der Waals surface area contributed by atoms with Gasteiger partial charge in [0.15, 0.2) is 0 Å². The van der Waals surface area contributed by atoms with Gasteiger partial charge in [0.25, 0.3) is 0 Å². The topological polar surface area (TPSA) is 55.1 Å². The number of carbonyl (C=O) groups excluding carboxylic acids is 1. The minimum atomic E-state index is -0.106. The van der Waals surface area contributed by atoms with E-state index in [1.165, 1.54) is 25.7 Å². The van der Waals surface area contributed by atoms with Gasteiger partial charge in [-0.1, -0.05) is 43.2 Å². The van der Waals surface area contributed by atoms with Gasteiger partial charge in [-0.15, -0.1) is 0 Å². The van der Waals surface area contributed by atoms with Crippen molar-refractivity contribution in [3.8, 4) is 0 Å². The van der Waals surface area contributed by atoms with Gasteiger partial charge in [-0.2, -0.15) is 0 Å². The number of hydrogen-bond acceptors (Lipinski definition) is 2. The number of nitrogens with one attached hydrogen (secondary N) is 1. The highest BCUT2D eigenvalue weighted by molar-refractivity contribution is 5.82. The summed E-state index contributed by atoms with van der Waals surface area (Å²) in [6.07, 6.45) is 5.09. The largest absolute Gasteiger partial charge is 0.354 e. The van der Waals surface area contributed by atoms with Crippen LogP contribution in [0.5, 0.6) is 0 Å². The highest BCUT2D eigenvalue weighted by Crippen LogP contribution is 2.55. The van der Waals surface area contributed by atoms with Crippen LogP contribution in [0, 0.1) is 17.8 Å². The summed E-state index contributed by atoms with van der Waals surface area (Å²) in [5, 5.41) is 3.04. The van der Waals surface area contributed by atoms with Gasteiger partial charge in [0.1, 0.15) is 0 Å². The van der Waals surface area contributed by atoms with Crippen molar-refractivity contribution in [3.63, 3.8) is 0 Å². The Bertz CT molecular complexity index is 433. The van der Waals surface area contributed by atoms with Gasteiger partial charge in [0, 0.05) is 18.5 Å². The van der Waals surface area contributed by atoms with Crippen molar-refractivity contribution < 1.29 is 4.79 Å². The second-order valence-electron chi connectivity index (χ2n) is 5.90. The Morgan fingerprint density at radius 3 is 2.47 bits per heavy atom. The van der Waals surface area contributed by atoms with Crippen LogP contribution >= 0.6 is 0 Å². The average Bonchev–Trinajstić information content (AvgIpc) is 3.19. The lowest BCUT2D eigenvalue weighted by Crippen LogP contribution is -2.33. The summed E-state index contributed by atoms with van der Waals surface area (Å²) in [6.45, 7) is 0.540. The summed E-state index contributed by atoms with van der Waals surface area (Å²) in [5.74, 6) is 1.84. The maximum absolute atomic E-state index is 12.1. The molecular weight excluding hydrogens is 236 g/mol. The van der Waals surface area contributed by atoms with Crippen molar-refractivity contribution in [1.82, 2.24) is 5.32 Å². The third-order valence-electron chi connectivity index (χ3n) is 4.68. The maximum Gasteiger partial charge on any atom is 0.223 e. The first kappa shape index (κ1) is 12.7. The molecule has 0 radical (unpaired) electrons. The van der Waals surface area contributed by atoms with Crippen LogP contribution in [0.15, 0.2) is 30.3 Å². The van der Waals surface area contributed by atoms with Gasteiger partial charge in [-0.25, -0.2) is 0 Å². The molecule has 3 nitrogen and oxygen atoms in total. The van der Waals surface area contributed by atoms with E-state index in [9.17, 15) is 4.79 Å². The SMILES string of the molecule is NC(CNC(=O)C1C2CCCCC21)c1ccccc1. The Kier molecular flexibility index (Phi) is 3.56. The molecule has 0 spiro atoms. The molecule has 3 heteroatoms. The van der Waals surface area contributed by atoms with Crippen molar-refractivity contribution in [2.24, 2.45) is 23.5 Å². The smallest absolute Gasteiger partial charge is 0.223 e. The summed E-state index contributed by atoms with van der Waals surface area (Å²) in [7, 11) is 0. The summed E-state index contributed by atoms with van der Waals surface area (Å²) < 4.78 is 0. The number of benzene rings is 1. The van der Waals surface area contributed by atoms with Crippen LogP contribution in [0.3, 0.4) is 0 Å². The third kappa shape index (κ3) is 2.66. The van der Waals surface area contributed by atoms with E-state index >= 15 is 0 Å². The van der Waals surface area contributed by atoms with Crippen LogP contribution in [0.1, 0.15) is 37.3 Å². The Hall–Kier alpha value is -1.35. The van der Waals surface area contributed by atoms with Crippen molar-refractivity contribution in [1.29, 1.82) is 0 Å². The lowest BCUT2D eigenvalue weighted by molar-refractivity contribution is -0.122. The number of rotatable bonds is 4. The van der Waals surface area contributed by atoms with E-state index in [1.807, 2.05) is 30.3 Å². The molecule has 1 amide bonds.